The minimum atomic E-state index is -0.521. The monoisotopic (exact) mass is 536 g/mol. The molecule has 0 unspecified atom stereocenters. The number of carbonyl (C=O) groups excluding carboxylic acids is 8. The standard InChI is InChI=1S/2C14H8N2O4/c17-11-5-9(13(19)15-11)7-3-1-2-4-8(7)10-6-12(18)16-14(10)20;17-11-5-6-12(18)15(11)9-3-1-2-4-10(9)16-13(19)7-8-14(16)20/h1-6H,(H,15,17,19)(H,16,18,20);1-8H. The van der Waals surface area contributed by atoms with Gasteiger partial charge in [0.1, 0.15) is 0 Å². The fraction of sp³-hybridized carbons (Fsp3) is 0. The van der Waals surface area contributed by atoms with Crippen molar-refractivity contribution in [2.75, 3.05) is 9.80 Å². The van der Waals surface area contributed by atoms with Gasteiger partial charge in [-0.05, 0) is 23.3 Å². The van der Waals surface area contributed by atoms with Crippen molar-refractivity contribution in [3.8, 4) is 0 Å². The number of nitrogens with one attached hydrogen (secondary N) is 2. The van der Waals surface area contributed by atoms with Gasteiger partial charge < -0.3 is 0 Å². The molecular formula is C28H16N4O8. The maximum Gasteiger partial charge on any atom is 0.258 e. The van der Waals surface area contributed by atoms with Gasteiger partial charge in [0.2, 0.25) is 0 Å². The molecule has 2 N–H and O–H groups in total. The van der Waals surface area contributed by atoms with E-state index in [-0.39, 0.29) is 22.5 Å². The molecule has 4 aliphatic heterocycles. The molecule has 2 aromatic rings. The van der Waals surface area contributed by atoms with Gasteiger partial charge in [0.15, 0.2) is 0 Å². The first kappa shape index (κ1) is 25.6. The van der Waals surface area contributed by atoms with Crippen LogP contribution in [-0.2, 0) is 38.4 Å². The predicted molar refractivity (Wildman–Crippen MR) is 138 cm³/mol. The Labute approximate surface area is 224 Å². The number of carbonyl (C=O) groups is 8. The van der Waals surface area contributed by atoms with Crippen molar-refractivity contribution < 1.29 is 38.4 Å². The predicted octanol–water partition coefficient (Wildman–Crippen LogP) is 0.312. The molecule has 12 nitrogen and oxygen atoms in total. The van der Waals surface area contributed by atoms with Crippen LogP contribution >= 0.6 is 0 Å². The molecule has 2 aromatic carbocycles. The van der Waals surface area contributed by atoms with E-state index in [9.17, 15) is 38.4 Å². The summed E-state index contributed by atoms with van der Waals surface area (Å²) in [7, 11) is 0. The van der Waals surface area contributed by atoms with Gasteiger partial charge in [0, 0.05) is 36.5 Å². The van der Waals surface area contributed by atoms with Crippen LogP contribution in [0.5, 0.6) is 0 Å². The van der Waals surface area contributed by atoms with E-state index in [2.05, 4.69) is 10.6 Å². The fourth-order valence-electron chi connectivity index (χ4n) is 4.29. The van der Waals surface area contributed by atoms with E-state index in [1.165, 1.54) is 24.3 Å². The largest absolute Gasteiger partial charge is 0.289 e. The molecule has 40 heavy (non-hydrogen) atoms. The van der Waals surface area contributed by atoms with Crippen LogP contribution in [-0.4, -0.2) is 47.3 Å². The highest BCUT2D eigenvalue weighted by molar-refractivity contribution is 6.38. The van der Waals surface area contributed by atoms with Crippen molar-refractivity contribution in [3.63, 3.8) is 0 Å². The molecule has 0 saturated heterocycles. The number of hydrogen-bond acceptors (Lipinski definition) is 8. The van der Waals surface area contributed by atoms with Gasteiger partial charge in [-0.2, -0.15) is 0 Å². The van der Waals surface area contributed by atoms with Gasteiger partial charge in [-0.1, -0.05) is 36.4 Å². The first-order chi connectivity index (χ1) is 19.2. The van der Waals surface area contributed by atoms with Crippen LogP contribution < -0.4 is 20.4 Å². The Bertz CT molecular complexity index is 1550. The molecule has 6 rings (SSSR count). The van der Waals surface area contributed by atoms with E-state index in [1.54, 1.807) is 36.4 Å². The molecule has 0 saturated carbocycles. The lowest BCUT2D eigenvalue weighted by molar-refractivity contribution is -0.124. The molecule has 12 heteroatoms. The fourth-order valence-corrected chi connectivity index (χ4v) is 4.29. The smallest absolute Gasteiger partial charge is 0.258 e. The molecule has 4 heterocycles. The van der Waals surface area contributed by atoms with Gasteiger partial charge in [-0.3, -0.25) is 49.0 Å². The highest BCUT2D eigenvalue weighted by Crippen LogP contribution is 2.33. The second-order valence-electron chi connectivity index (χ2n) is 8.48. The van der Waals surface area contributed by atoms with Crippen LogP contribution in [0.3, 0.4) is 0 Å². The van der Waals surface area contributed by atoms with E-state index in [0.29, 0.717) is 11.1 Å². The molecule has 0 bridgehead atoms. The van der Waals surface area contributed by atoms with Gasteiger partial charge in [-0.25, -0.2) is 9.80 Å². The molecular weight excluding hydrogens is 520 g/mol. The lowest BCUT2D eigenvalue weighted by Crippen LogP contribution is -2.35. The topological polar surface area (TPSA) is 167 Å². The van der Waals surface area contributed by atoms with E-state index in [4.69, 9.17) is 0 Å². The highest BCUT2D eigenvalue weighted by atomic mass is 16.2. The van der Waals surface area contributed by atoms with Crippen molar-refractivity contribution in [1.82, 2.24) is 10.6 Å². The number of benzene rings is 2. The summed E-state index contributed by atoms with van der Waals surface area (Å²) in [4.78, 5) is 94.6. The third-order valence-electron chi connectivity index (χ3n) is 6.00. The quantitative estimate of drug-likeness (QED) is 0.527. The van der Waals surface area contributed by atoms with Crippen molar-refractivity contribution in [1.29, 1.82) is 0 Å². The summed E-state index contributed by atoms with van der Waals surface area (Å²) in [6, 6.07) is 12.9. The normalized spacial score (nSPS) is 17.8. The summed E-state index contributed by atoms with van der Waals surface area (Å²) >= 11 is 0. The zero-order valence-corrected chi connectivity index (χ0v) is 20.2. The van der Waals surface area contributed by atoms with Crippen LogP contribution in [0.25, 0.3) is 11.1 Å². The summed E-state index contributed by atoms with van der Waals surface area (Å²) in [5.74, 6) is -4.06. The first-order valence-corrected chi connectivity index (χ1v) is 11.6. The zero-order chi connectivity index (χ0) is 28.6. The Hall–Kier alpha value is -6.04. The Balaban J connectivity index is 0.000000161. The van der Waals surface area contributed by atoms with Crippen molar-refractivity contribution >= 4 is 69.8 Å². The van der Waals surface area contributed by atoms with E-state index < -0.39 is 47.3 Å². The average Bonchev–Trinajstić information content (AvgIpc) is 3.65. The molecule has 4 aliphatic rings. The molecule has 0 aliphatic carbocycles. The van der Waals surface area contributed by atoms with E-state index in [1.807, 2.05) is 0 Å². The molecule has 0 fully saturated rings. The second-order valence-corrected chi connectivity index (χ2v) is 8.48. The average molecular weight is 536 g/mol. The number of para-hydroxylation sites is 2. The summed E-state index contributed by atoms with van der Waals surface area (Å²) in [6.07, 6.45) is 6.93. The Kier molecular flexibility index (Phi) is 6.41. The van der Waals surface area contributed by atoms with Gasteiger partial charge in [-0.15, -0.1) is 0 Å². The summed E-state index contributed by atoms with van der Waals surface area (Å²) in [5.41, 5.74) is 1.65. The van der Waals surface area contributed by atoms with Crippen LogP contribution in [0.2, 0.25) is 0 Å². The van der Waals surface area contributed by atoms with Gasteiger partial charge in [0.25, 0.3) is 47.3 Å². The molecule has 0 radical (unpaired) electrons. The van der Waals surface area contributed by atoms with Crippen LogP contribution in [0, 0.1) is 0 Å². The third kappa shape index (κ3) is 4.56. The van der Waals surface area contributed by atoms with Crippen LogP contribution in [0.1, 0.15) is 11.1 Å². The lowest BCUT2D eigenvalue weighted by Gasteiger charge is -2.22. The number of amides is 8. The number of imide groups is 4. The minimum absolute atomic E-state index is 0.179. The van der Waals surface area contributed by atoms with Gasteiger partial charge in [0.05, 0.1) is 22.5 Å². The maximum absolute atomic E-state index is 11.7. The minimum Gasteiger partial charge on any atom is -0.289 e. The molecule has 8 amide bonds. The molecule has 0 spiro atoms. The van der Waals surface area contributed by atoms with Crippen molar-refractivity contribution in [3.05, 3.63) is 96.1 Å². The van der Waals surface area contributed by atoms with Crippen LogP contribution in [0.4, 0.5) is 11.4 Å². The Morgan fingerprint density at radius 2 is 0.775 bits per heavy atom. The zero-order valence-electron chi connectivity index (χ0n) is 20.2. The summed E-state index contributed by atoms with van der Waals surface area (Å²) < 4.78 is 0. The number of nitrogens with zero attached hydrogens (tertiary/aromatic N) is 2. The number of hydrogen-bond donors (Lipinski definition) is 2. The molecule has 0 aromatic heterocycles. The van der Waals surface area contributed by atoms with Crippen molar-refractivity contribution in [2.24, 2.45) is 0 Å². The number of rotatable bonds is 4. The van der Waals surface area contributed by atoms with Gasteiger partial charge >= 0.3 is 0 Å². The van der Waals surface area contributed by atoms with E-state index in [0.717, 1.165) is 34.1 Å². The van der Waals surface area contributed by atoms with E-state index >= 15 is 0 Å². The second kappa shape index (κ2) is 10.0. The Morgan fingerprint density at radius 3 is 1.07 bits per heavy atom. The first-order valence-electron chi connectivity index (χ1n) is 11.6. The van der Waals surface area contributed by atoms with Crippen LogP contribution in [0.15, 0.2) is 85.0 Å². The van der Waals surface area contributed by atoms with Crippen molar-refractivity contribution in [2.45, 2.75) is 0 Å². The summed E-state index contributed by atoms with van der Waals surface area (Å²) in [6.45, 7) is 0. The number of anilines is 2. The molecule has 196 valence electrons. The third-order valence-corrected chi connectivity index (χ3v) is 6.00. The Morgan fingerprint density at radius 1 is 0.450 bits per heavy atom. The highest BCUT2D eigenvalue weighted by Gasteiger charge is 2.33. The molecule has 0 atom stereocenters. The summed E-state index contributed by atoms with van der Waals surface area (Å²) in [5, 5.41) is 4.29. The lowest BCUT2D eigenvalue weighted by atomic mass is 9.94. The SMILES string of the molecule is O=C1C=C(c2ccccc2C2=CC(=O)NC2=O)C(=O)N1.O=C1C=CC(=O)N1c1ccccc1N1C(=O)C=CC1=O. The maximum atomic E-state index is 11.7.